The highest BCUT2D eigenvalue weighted by atomic mass is 28.2. The van der Waals surface area contributed by atoms with E-state index in [9.17, 15) is 5.11 Å². The minimum atomic E-state index is -0.484. The quantitative estimate of drug-likeness (QED) is 0.529. The largest absolute Gasteiger partial charge is 0.409 e. The smallest absolute Gasteiger partial charge is 0.236 e. The molecule has 0 aromatic heterocycles. The minimum absolute atomic E-state index is 0.0106. The number of hydrogen-bond acceptors (Lipinski definition) is 5. The van der Waals surface area contributed by atoms with E-state index >= 15 is 0 Å². The molecule has 6 radical (unpaired) electrons. The number of aliphatic hydroxyl groups is 1. The molecule has 5 atom stereocenters. The molecule has 1 aliphatic heterocycles. The Morgan fingerprint density at radius 2 is 1.16 bits per heavy atom. The van der Waals surface area contributed by atoms with E-state index in [2.05, 4.69) is 74.4 Å². The maximum Gasteiger partial charge on any atom is 0.236 e. The van der Waals surface area contributed by atoms with Gasteiger partial charge in [0.1, 0.15) is 24.4 Å². The molecule has 32 heavy (non-hydrogen) atoms. The fraction of sp³-hybridized carbons (Fsp3) is 0.750. The SMILES string of the molecule is CC(C)(C)[Si]O[C@@H]1[C@@H](O[Si]C(C)(C)C)[C@H](c2ccccc2)O[C@H](CO)[C@H]1O[Si]C(C)(C)C. The van der Waals surface area contributed by atoms with E-state index in [1.165, 1.54) is 0 Å². The van der Waals surface area contributed by atoms with Crippen LogP contribution in [0.5, 0.6) is 0 Å². The molecule has 2 rings (SSSR count). The number of hydrogen-bond donors (Lipinski definition) is 1. The van der Waals surface area contributed by atoms with Crippen LogP contribution in [0.1, 0.15) is 74.0 Å². The third-order valence-electron chi connectivity index (χ3n) is 4.45. The van der Waals surface area contributed by atoms with E-state index < -0.39 is 12.2 Å². The van der Waals surface area contributed by atoms with E-state index in [0.717, 1.165) is 5.56 Å². The van der Waals surface area contributed by atoms with Crippen molar-refractivity contribution in [3.8, 4) is 0 Å². The summed E-state index contributed by atoms with van der Waals surface area (Å²) in [6, 6.07) is 10.1. The van der Waals surface area contributed by atoms with Crippen LogP contribution in [0.3, 0.4) is 0 Å². The van der Waals surface area contributed by atoms with Crippen LogP contribution in [0.15, 0.2) is 30.3 Å². The van der Waals surface area contributed by atoms with Crippen molar-refractivity contribution < 1.29 is 23.1 Å². The first-order chi connectivity index (χ1) is 14.7. The van der Waals surface area contributed by atoms with Crippen LogP contribution >= 0.6 is 0 Å². The molecule has 1 saturated heterocycles. The average molecular weight is 493 g/mol. The third-order valence-corrected chi connectivity index (χ3v) is 7.45. The van der Waals surface area contributed by atoms with Crippen molar-refractivity contribution in [1.29, 1.82) is 0 Å². The molecular formula is C24H40O5Si3. The van der Waals surface area contributed by atoms with E-state index in [1.54, 1.807) is 0 Å². The lowest BCUT2D eigenvalue weighted by molar-refractivity contribution is -0.214. The highest BCUT2D eigenvalue weighted by molar-refractivity contribution is 6.33. The number of ether oxygens (including phenoxy) is 1. The molecule has 1 fully saturated rings. The van der Waals surface area contributed by atoms with Crippen LogP contribution < -0.4 is 0 Å². The summed E-state index contributed by atoms with van der Waals surface area (Å²) >= 11 is 0. The van der Waals surface area contributed by atoms with Crippen LogP contribution in [0, 0.1) is 0 Å². The van der Waals surface area contributed by atoms with Crippen molar-refractivity contribution in [2.75, 3.05) is 6.61 Å². The maximum absolute atomic E-state index is 10.3. The molecule has 1 N–H and O–H groups in total. The number of rotatable bonds is 8. The molecule has 5 nitrogen and oxygen atoms in total. The number of aliphatic hydroxyl groups excluding tert-OH is 1. The van der Waals surface area contributed by atoms with Gasteiger partial charge in [-0.25, -0.2) is 0 Å². The molecule has 0 saturated carbocycles. The third kappa shape index (κ3) is 9.14. The Morgan fingerprint density at radius 3 is 1.59 bits per heavy atom. The Kier molecular flexibility index (Phi) is 9.94. The highest BCUT2D eigenvalue weighted by Gasteiger charge is 2.49. The molecule has 0 aliphatic carbocycles. The van der Waals surface area contributed by atoms with Gasteiger partial charge in [0.2, 0.25) is 29.3 Å². The topological polar surface area (TPSA) is 57.2 Å². The molecule has 0 unspecified atom stereocenters. The van der Waals surface area contributed by atoms with Gasteiger partial charge in [0.15, 0.2) is 0 Å². The molecule has 0 amide bonds. The molecule has 1 heterocycles. The summed E-state index contributed by atoms with van der Waals surface area (Å²) in [5.41, 5.74) is 1.03. The summed E-state index contributed by atoms with van der Waals surface area (Å²) in [5.74, 6) is 0. The lowest BCUT2D eigenvalue weighted by Crippen LogP contribution is -2.59. The minimum Gasteiger partial charge on any atom is -0.409 e. The first-order valence-corrected chi connectivity index (χ1v) is 14.0. The summed E-state index contributed by atoms with van der Waals surface area (Å²) in [4.78, 5) is 0. The van der Waals surface area contributed by atoms with Gasteiger partial charge in [-0.15, -0.1) is 0 Å². The molecule has 1 aromatic carbocycles. The Balaban J connectivity index is 2.44. The summed E-state index contributed by atoms with van der Waals surface area (Å²) in [6.45, 7) is 19.3. The Labute approximate surface area is 202 Å². The molecule has 0 spiro atoms. The van der Waals surface area contributed by atoms with Gasteiger partial charge in [0, 0.05) is 0 Å². The van der Waals surface area contributed by atoms with Crippen molar-refractivity contribution >= 4 is 29.3 Å². The first kappa shape index (κ1) is 27.9. The van der Waals surface area contributed by atoms with Gasteiger partial charge in [-0.2, -0.15) is 0 Å². The predicted molar refractivity (Wildman–Crippen MR) is 132 cm³/mol. The van der Waals surface area contributed by atoms with Crippen LogP contribution in [-0.4, -0.2) is 65.4 Å². The fourth-order valence-electron chi connectivity index (χ4n) is 3.11. The second kappa shape index (κ2) is 11.4. The molecular weight excluding hydrogens is 453 g/mol. The zero-order valence-corrected chi connectivity index (χ0v) is 24.1. The summed E-state index contributed by atoms with van der Waals surface area (Å²) in [7, 11) is 0.812. The maximum atomic E-state index is 10.3. The zero-order chi connectivity index (χ0) is 24.2. The second-order valence-corrected chi connectivity index (χ2v) is 17.3. The zero-order valence-electron chi connectivity index (χ0n) is 21.1. The van der Waals surface area contributed by atoms with Gasteiger partial charge in [0.25, 0.3) is 0 Å². The van der Waals surface area contributed by atoms with Crippen molar-refractivity contribution in [3.05, 3.63) is 35.9 Å². The second-order valence-electron chi connectivity index (χ2n) is 11.5. The standard InChI is InChI=1S/C24H40O5Si3/c1-22(2,3)30-27-19-17(15-25)26-18(16-13-11-10-12-14-16)20(28-31-23(4,5)6)21(19)29-32-24(7,8)9/h10-14,17-21,25H,15H2,1-9H3/t17-,18+,19-,20+,21+/m1/s1. The average Bonchev–Trinajstić information content (AvgIpc) is 2.67. The molecule has 1 aromatic rings. The number of benzene rings is 1. The van der Waals surface area contributed by atoms with Gasteiger partial charge in [0.05, 0.1) is 12.7 Å². The van der Waals surface area contributed by atoms with Gasteiger partial charge in [-0.1, -0.05) is 92.6 Å². The van der Waals surface area contributed by atoms with Crippen molar-refractivity contribution in [1.82, 2.24) is 0 Å². The van der Waals surface area contributed by atoms with E-state index in [0.29, 0.717) is 0 Å². The lowest BCUT2D eigenvalue weighted by Gasteiger charge is -2.48. The van der Waals surface area contributed by atoms with E-state index in [-0.39, 0.29) is 69.3 Å². The highest BCUT2D eigenvalue weighted by Crippen LogP contribution is 2.39. The summed E-state index contributed by atoms with van der Waals surface area (Å²) in [5, 5.41) is 10.3. The Hall–Kier alpha value is -0.329. The van der Waals surface area contributed by atoms with Crippen LogP contribution in [0.25, 0.3) is 0 Å². The van der Waals surface area contributed by atoms with Crippen molar-refractivity contribution in [2.45, 2.75) is 108 Å². The summed E-state index contributed by atoms with van der Waals surface area (Å²) in [6.07, 6.45) is -1.89. The van der Waals surface area contributed by atoms with Crippen LogP contribution in [0.2, 0.25) is 15.1 Å². The van der Waals surface area contributed by atoms with Gasteiger partial charge >= 0.3 is 0 Å². The normalized spacial score (nSPS) is 27.5. The summed E-state index contributed by atoms with van der Waals surface area (Å²) < 4.78 is 26.0. The monoisotopic (exact) mass is 492 g/mol. The fourth-order valence-corrected chi connectivity index (χ4v) is 5.39. The van der Waals surface area contributed by atoms with Gasteiger partial charge in [-0.3, -0.25) is 0 Å². The molecule has 8 heteroatoms. The van der Waals surface area contributed by atoms with E-state index in [4.69, 9.17) is 18.0 Å². The first-order valence-electron chi connectivity index (χ1n) is 11.3. The lowest BCUT2D eigenvalue weighted by atomic mass is 9.91. The van der Waals surface area contributed by atoms with Crippen LogP contribution in [0.4, 0.5) is 0 Å². The Morgan fingerprint density at radius 1 is 0.719 bits per heavy atom. The van der Waals surface area contributed by atoms with Crippen molar-refractivity contribution in [2.24, 2.45) is 0 Å². The van der Waals surface area contributed by atoms with Crippen molar-refractivity contribution in [3.63, 3.8) is 0 Å². The Bertz CT molecular complexity index is 682. The molecule has 1 aliphatic rings. The van der Waals surface area contributed by atoms with Crippen LogP contribution in [-0.2, 0) is 18.0 Å². The van der Waals surface area contributed by atoms with E-state index in [1.807, 2.05) is 18.2 Å². The van der Waals surface area contributed by atoms with Gasteiger partial charge in [-0.05, 0) is 20.7 Å². The molecule has 0 bridgehead atoms. The predicted octanol–water partition coefficient (Wildman–Crippen LogP) is 4.79. The molecule has 178 valence electrons. The van der Waals surface area contributed by atoms with Gasteiger partial charge < -0.3 is 23.1 Å².